The Morgan fingerprint density at radius 1 is 1.38 bits per heavy atom. The molecule has 1 fully saturated rings. The quantitative estimate of drug-likeness (QED) is 0.797. The Morgan fingerprint density at radius 2 is 2.19 bits per heavy atom. The lowest BCUT2D eigenvalue weighted by atomic mass is 10.0. The maximum absolute atomic E-state index is 13.4. The fraction of sp³-hybridized carbons (Fsp3) is 0.278. The van der Waals surface area contributed by atoms with Crippen LogP contribution in [0.25, 0.3) is 10.8 Å². The molecule has 1 aliphatic heterocycles. The molecule has 1 aliphatic rings. The number of alkyl halides is 1. The average Bonchev–Trinajstić information content (AvgIpc) is 3.05. The summed E-state index contributed by atoms with van der Waals surface area (Å²) in [5, 5.41) is 13.3. The summed E-state index contributed by atoms with van der Waals surface area (Å²) in [5.74, 6) is -0.841. The highest BCUT2D eigenvalue weighted by atomic mass is 79.9. The highest BCUT2D eigenvalue weighted by molar-refractivity contribution is 9.50. The molecular weight excluding hydrogens is 421 g/mol. The molecule has 2 aromatic rings. The third kappa shape index (κ3) is 3.84. The van der Waals surface area contributed by atoms with E-state index >= 15 is 0 Å². The lowest BCUT2D eigenvalue weighted by Gasteiger charge is -2.19. The zero-order chi connectivity index (χ0) is 18.7. The predicted molar refractivity (Wildman–Crippen MR) is 102 cm³/mol. The molecule has 8 heteroatoms. The van der Waals surface area contributed by atoms with Gasteiger partial charge in [-0.25, -0.2) is 4.39 Å². The number of hydrogen-bond donors (Lipinski definition) is 1. The van der Waals surface area contributed by atoms with Gasteiger partial charge in [-0.2, -0.15) is 5.26 Å². The van der Waals surface area contributed by atoms with E-state index in [0.717, 1.165) is 15.7 Å². The van der Waals surface area contributed by atoms with Crippen molar-refractivity contribution in [3.05, 3.63) is 42.0 Å². The van der Waals surface area contributed by atoms with E-state index in [4.69, 9.17) is 5.26 Å². The van der Waals surface area contributed by atoms with Crippen LogP contribution in [0.2, 0.25) is 0 Å². The number of carbonyl (C=O) groups is 2. The van der Waals surface area contributed by atoms with Crippen LogP contribution >= 0.6 is 25.0 Å². The standard InChI is InChI=1S/C18H15BrFN3O2S/c19-26-14-5-4-11-2-1-3-15(16(11)7-14)18(25)22-9-17(24)23-10-12(20)6-13(23)8-21/h1-5,7,12-13H,6,9-10H2,(H,22,25)/t12?,13-/m0/s1. The summed E-state index contributed by atoms with van der Waals surface area (Å²) in [6.45, 7) is -0.375. The lowest BCUT2D eigenvalue weighted by Crippen LogP contribution is -2.42. The molecule has 2 atom stereocenters. The van der Waals surface area contributed by atoms with Crippen molar-refractivity contribution >= 4 is 47.6 Å². The number of amides is 2. The Balaban J connectivity index is 1.74. The average molecular weight is 436 g/mol. The first-order chi connectivity index (χ1) is 12.5. The molecule has 1 unspecified atom stereocenters. The maximum atomic E-state index is 13.4. The third-order valence-electron chi connectivity index (χ3n) is 4.31. The van der Waals surface area contributed by atoms with Crippen molar-refractivity contribution in [2.24, 2.45) is 0 Å². The minimum absolute atomic E-state index is 0.0203. The van der Waals surface area contributed by atoms with Gasteiger partial charge in [0, 0.05) is 16.9 Å². The van der Waals surface area contributed by atoms with Crippen molar-refractivity contribution in [2.75, 3.05) is 13.1 Å². The Kier molecular flexibility index (Phi) is 5.79. The Morgan fingerprint density at radius 3 is 2.92 bits per heavy atom. The van der Waals surface area contributed by atoms with E-state index in [-0.39, 0.29) is 25.4 Å². The summed E-state index contributed by atoms with van der Waals surface area (Å²) in [4.78, 5) is 26.9. The van der Waals surface area contributed by atoms with E-state index in [1.165, 1.54) is 15.1 Å². The summed E-state index contributed by atoms with van der Waals surface area (Å²) < 4.78 is 13.4. The van der Waals surface area contributed by atoms with Crippen molar-refractivity contribution < 1.29 is 14.0 Å². The van der Waals surface area contributed by atoms with Crippen LogP contribution < -0.4 is 5.32 Å². The summed E-state index contributed by atoms with van der Waals surface area (Å²) in [5.41, 5.74) is 0.459. The van der Waals surface area contributed by atoms with Gasteiger partial charge >= 0.3 is 0 Å². The van der Waals surface area contributed by atoms with Crippen LogP contribution in [0.1, 0.15) is 16.8 Å². The molecule has 0 aromatic heterocycles. The zero-order valence-electron chi connectivity index (χ0n) is 13.6. The van der Waals surface area contributed by atoms with E-state index in [2.05, 4.69) is 20.1 Å². The first kappa shape index (κ1) is 18.7. The molecule has 1 heterocycles. The summed E-state index contributed by atoms with van der Waals surface area (Å²) in [7, 11) is 1.40. The summed E-state index contributed by atoms with van der Waals surface area (Å²) >= 11 is 3.32. The molecule has 26 heavy (non-hydrogen) atoms. The fourth-order valence-corrected chi connectivity index (χ4v) is 3.92. The topological polar surface area (TPSA) is 73.2 Å². The van der Waals surface area contributed by atoms with Crippen molar-refractivity contribution in [1.82, 2.24) is 10.2 Å². The van der Waals surface area contributed by atoms with Gasteiger partial charge < -0.3 is 10.2 Å². The predicted octanol–water partition coefficient (Wildman–Crippen LogP) is 3.43. The Bertz CT molecular complexity index is 902. The molecule has 0 bridgehead atoms. The number of nitrogens with one attached hydrogen (secondary N) is 1. The SMILES string of the molecule is N#C[C@@H]1CC(F)CN1C(=O)CNC(=O)c1cccc2ccc(SBr)cc12. The molecule has 0 spiro atoms. The first-order valence-corrected chi connectivity index (χ1v) is 10.6. The van der Waals surface area contributed by atoms with Crippen LogP contribution in [-0.4, -0.2) is 42.0 Å². The van der Waals surface area contributed by atoms with Gasteiger partial charge in [-0.3, -0.25) is 9.59 Å². The van der Waals surface area contributed by atoms with Gasteiger partial charge in [0.25, 0.3) is 5.91 Å². The lowest BCUT2D eigenvalue weighted by molar-refractivity contribution is -0.130. The number of fused-ring (bicyclic) bond motifs is 1. The second kappa shape index (κ2) is 8.06. The second-order valence-corrected chi connectivity index (χ2v) is 7.57. The molecular formula is C18H15BrFN3O2S. The maximum Gasteiger partial charge on any atom is 0.252 e. The molecule has 134 valence electrons. The monoisotopic (exact) mass is 435 g/mol. The summed E-state index contributed by atoms with van der Waals surface area (Å²) in [6.07, 6.45) is -1.18. The third-order valence-corrected chi connectivity index (χ3v) is 5.86. The number of nitriles is 1. The highest BCUT2D eigenvalue weighted by Gasteiger charge is 2.35. The normalized spacial score (nSPS) is 19.3. The number of rotatable bonds is 4. The Hall–Kier alpha value is -2.11. The molecule has 1 N–H and O–H groups in total. The largest absolute Gasteiger partial charge is 0.343 e. The number of benzene rings is 2. The van der Waals surface area contributed by atoms with Gasteiger partial charge in [0.15, 0.2) is 0 Å². The van der Waals surface area contributed by atoms with Gasteiger partial charge in [0.2, 0.25) is 5.91 Å². The molecule has 1 saturated heterocycles. The first-order valence-electron chi connectivity index (χ1n) is 7.96. The van der Waals surface area contributed by atoms with E-state index in [0.29, 0.717) is 5.56 Å². The minimum atomic E-state index is -1.20. The van der Waals surface area contributed by atoms with Crippen LogP contribution in [0.15, 0.2) is 41.3 Å². The number of likely N-dealkylation sites (tertiary alicyclic amines) is 1. The summed E-state index contributed by atoms with van der Waals surface area (Å²) in [6, 6.07) is 12.3. The van der Waals surface area contributed by atoms with Crippen molar-refractivity contribution in [1.29, 1.82) is 5.26 Å². The van der Waals surface area contributed by atoms with E-state index in [9.17, 15) is 14.0 Å². The van der Waals surface area contributed by atoms with Crippen LogP contribution in [0, 0.1) is 11.3 Å². The molecule has 0 aliphatic carbocycles. The number of carbonyl (C=O) groups excluding carboxylic acids is 2. The zero-order valence-corrected chi connectivity index (χ0v) is 16.0. The van der Waals surface area contributed by atoms with Crippen LogP contribution in [0.5, 0.6) is 0 Å². The van der Waals surface area contributed by atoms with Crippen molar-refractivity contribution in [3.8, 4) is 6.07 Å². The van der Waals surface area contributed by atoms with Gasteiger partial charge in [-0.15, -0.1) is 0 Å². The van der Waals surface area contributed by atoms with Gasteiger partial charge in [0.05, 0.1) is 19.2 Å². The minimum Gasteiger partial charge on any atom is -0.343 e. The molecule has 0 radical (unpaired) electrons. The molecule has 2 aromatic carbocycles. The van der Waals surface area contributed by atoms with Crippen LogP contribution in [0.3, 0.4) is 0 Å². The highest BCUT2D eigenvalue weighted by Crippen LogP contribution is 2.29. The smallest absolute Gasteiger partial charge is 0.252 e. The van der Waals surface area contributed by atoms with Gasteiger partial charge in [-0.1, -0.05) is 18.2 Å². The molecule has 3 rings (SSSR count). The number of nitrogens with zero attached hydrogens (tertiary/aromatic N) is 2. The number of halogens is 2. The van der Waals surface area contributed by atoms with Crippen molar-refractivity contribution in [2.45, 2.75) is 23.5 Å². The van der Waals surface area contributed by atoms with Gasteiger partial charge in [0.1, 0.15) is 12.2 Å². The van der Waals surface area contributed by atoms with E-state index < -0.39 is 18.1 Å². The van der Waals surface area contributed by atoms with Crippen LogP contribution in [-0.2, 0) is 4.79 Å². The van der Waals surface area contributed by atoms with E-state index in [1.807, 2.05) is 30.3 Å². The number of hydrogen-bond acceptors (Lipinski definition) is 4. The molecule has 5 nitrogen and oxygen atoms in total. The van der Waals surface area contributed by atoms with Crippen molar-refractivity contribution in [3.63, 3.8) is 0 Å². The fourth-order valence-electron chi connectivity index (χ4n) is 3.03. The second-order valence-electron chi connectivity index (χ2n) is 5.97. The van der Waals surface area contributed by atoms with Gasteiger partial charge in [-0.05, 0) is 54.0 Å². The van der Waals surface area contributed by atoms with Crippen LogP contribution in [0.4, 0.5) is 4.39 Å². The molecule has 0 saturated carbocycles. The molecule has 2 amide bonds. The van der Waals surface area contributed by atoms with E-state index in [1.54, 1.807) is 12.1 Å². The Labute approximate surface area is 161 Å².